The number of hydrogen-bond donors (Lipinski definition) is 1. The smallest absolute Gasteiger partial charge is 0.240 e. The fourth-order valence-corrected chi connectivity index (χ4v) is 4.78. The predicted molar refractivity (Wildman–Crippen MR) is 130 cm³/mol. The second-order valence-corrected chi connectivity index (χ2v) is 9.05. The van der Waals surface area contributed by atoms with E-state index in [1.165, 1.54) is 28.5 Å². The Balaban J connectivity index is 1.34. The molecule has 4 rings (SSSR count). The maximum Gasteiger partial charge on any atom is 0.240 e. The molecule has 33 heavy (non-hydrogen) atoms. The van der Waals surface area contributed by atoms with Gasteiger partial charge in [0.25, 0.3) is 0 Å². The Morgan fingerprint density at radius 3 is 2.58 bits per heavy atom. The minimum Gasteiger partial charge on any atom is -0.373 e. The first kappa shape index (κ1) is 23.4. The summed E-state index contributed by atoms with van der Waals surface area (Å²) in [5.41, 5.74) is 8.32. The molecule has 0 saturated carbocycles. The van der Waals surface area contributed by atoms with Crippen molar-refractivity contribution < 1.29 is 13.9 Å². The molecule has 0 aliphatic carbocycles. The largest absolute Gasteiger partial charge is 0.373 e. The Labute approximate surface area is 195 Å². The summed E-state index contributed by atoms with van der Waals surface area (Å²) < 4.78 is 19.5. The Morgan fingerprint density at radius 2 is 1.82 bits per heavy atom. The fourth-order valence-electron chi connectivity index (χ4n) is 4.78. The van der Waals surface area contributed by atoms with E-state index in [0.29, 0.717) is 19.6 Å². The summed E-state index contributed by atoms with van der Waals surface area (Å²) in [5.74, 6) is -0.307. The highest BCUT2D eigenvalue weighted by Crippen LogP contribution is 2.26. The monoisotopic (exact) mass is 448 g/mol. The van der Waals surface area contributed by atoms with E-state index in [4.69, 9.17) is 10.5 Å². The maximum atomic E-state index is 13.2. The highest BCUT2D eigenvalue weighted by molar-refractivity contribution is 5.83. The second kappa shape index (κ2) is 10.9. The number of benzene rings is 3. The molecule has 1 aliphatic rings. The highest BCUT2D eigenvalue weighted by Gasteiger charge is 2.33. The quantitative estimate of drug-likeness (QED) is 0.514. The van der Waals surface area contributed by atoms with Crippen LogP contribution in [0.4, 0.5) is 4.39 Å². The van der Waals surface area contributed by atoms with Crippen LogP contribution in [-0.4, -0.2) is 35.5 Å². The van der Waals surface area contributed by atoms with E-state index in [9.17, 15) is 9.18 Å². The number of nitrogens with two attached hydrogens (primary N) is 1. The van der Waals surface area contributed by atoms with Crippen molar-refractivity contribution in [3.8, 4) is 0 Å². The van der Waals surface area contributed by atoms with Crippen LogP contribution >= 0.6 is 0 Å². The zero-order valence-corrected chi connectivity index (χ0v) is 19.3. The minimum absolute atomic E-state index is 0.0224. The average Bonchev–Trinajstić information content (AvgIpc) is 2.84. The molecule has 174 valence electrons. The lowest BCUT2D eigenvalue weighted by Crippen LogP contribution is -2.53. The van der Waals surface area contributed by atoms with Gasteiger partial charge in [-0.3, -0.25) is 4.79 Å². The number of halogens is 1. The first-order valence-electron chi connectivity index (χ1n) is 11.9. The zero-order valence-electron chi connectivity index (χ0n) is 19.3. The van der Waals surface area contributed by atoms with E-state index >= 15 is 0 Å². The standard InChI is InChI=1S/C28H33FN2O2/c1-2-5-25-18-26(33-19-21-8-11-22-6-3-4-7-23(22)16-21)14-15-31(25)28(32)27(30)17-20-9-12-24(29)13-10-20/h3-4,6-13,16,25-27H,2,5,14-15,17-19,30H2,1H3. The molecule has 0 spiro atoms. The van der Waals surface area contributed by atoms with E-state index in [1.54, 1.807) is 12.1 Å². The van der Waals surface area contributed by atoms with Gasteiger partial charge in [0.15, 0.2) is 0 Å². The fraction of sp³-hybridized carbons (Fsp3) is 0.393. The molecule has 1 fully saturated rings. The number of nitrogens with zero attached hydrogens (tertiary/aromatic N) is 1. The van der Waals surface area contributed by atoms with Crippen molar-refractivity contribution >= 4 is 16.7 Å². The molecule has 1 aliphatic heterocycles. The molecule has 0 aromatic heterocycles. The van der Waals surface area contributed by atoms with Gasteiger partial charge in [-0.2, -0.15) is 0 Å². The van der Waals surface area contributed by atoms with E-state index in [0.717, 1.165) is 31.2 Å². The van der Waals surface area contributed by atoms with Gasteiger partial charge in [-0.25, -0.2) is 4.39 Å². The number of hydrogen-bond acceptors (Lipinski definition) is 3. The van der Waals surface area contributed by atoms with Crippen LogP contribution < -0.4 is 5.73 Å². The third kappa shape index (κ3) is 5.98. The van der Waals surface area contributed by atoms with Crippen molar-refractivity contribution in [2.75, 3.05) is 6.54 Å². The van der Waals surface area contributed by atoms with Crippen LogP contribution in [0.25, 0.3) is 10.8 Å². The first-order chi connectivity index (χ1) is 16.0. The van der Waals surface area contributed by atoms with Crippen LogP contribution in [0.1, 0.15) is 43.7 Å². The molecule has 1 amide bonds. The van der Waals surface area contributed by atoms with Gasteiger partial charge in [-0.05, 0) is 65.8 Å². The topological polar surface area (TPSA) is 55.6 Å². The number of amides is 1. The van der Waals surface area contributed by atoms with E-state index in [-0.39, 0.29) is 23.9 Å². The average molecular weight is 449 g/mol. The molecule has 3 aromatic carbocycles. The van der Waals surface area contributed by atoms with Gasteiger partial charge >= 0.3 is 0 Å². The van der Waals surface area contributed by atoms with Crippen LogP contribution in [0.2, 0.25) is 0 Å². The van der Waals surface area contributed by atoms with Crippen LogP contribution in [0.15, 0.2) is 66.7 Å². The van der Waals surface area contributed by atoms with Crippen molar-refractivity contribution in [1.82, 2.24) is 4.90 Å². The number of rotatable bonds is 8. The summed E-state index contributed by atoms with van der Waals surface area (Å²) in [6.07, 6.45) is 4.12. The molecule has 0 radical (unpaired) electrons. The molecule has 2 N–H and O–H groups in total. The molecular formula is C28H33FN2O2. The summed E-state index contributed by atoms with van der Waals surface area (Å²) in [5, 5.41) is 2.45. The summed E-state index contributed by atoms with van der Waals surface area (Å²) in [7, 11) is 0. The Hall–Kier alpha value is -2.76. The predicted octanol–water partition coefficient (Wildman–Crippen LogP) is 5.23. The van der Waals surface area contributed by atoms with Crippen molar-refractivity contribution in [1.29, 1.82) is 0 Å². The third-order valence-corrected chi connectivity index (χ3v) is 6.56. The summed E-state index contributed by atoms with van der Waals surface area (Å²) in [6.45, 7) is 3.37. The molecule has 3 unspecified atom stereocenters. The molecule has 5 heteroatoms. The molecule has 1 saturated heterocycles. The van der Waals surface area contributed by atoms with E-state index < -0.39 is 6.04 Å². The van der Waals surface area contributed by atoms with Gasteiger partial charge in [0, 0.05) is 12.6 Å². The summed E-state index contributed by atoms with van der Waals surface area (Å²) >= 11 is 0. The SMILES string of the molecule is CCCC1CC(OCc2ccc3ccccc3c2)CCN1C(=O)C(N)Cc1ccc(F)cc1. The third-order valence-electron chi connectivity index (χ3n) is 6.56. The van der Waals surface area contributed by atoms with Gasteiger partial charge < -0.3 is 15.4 Å². The molecule has 3 aromatic rings. The van der Waals surface area contributed by atoms with Crippen LogP contribution in [0.5, 0.6) is 0 Å². The molecule has 4 nitrogen and oxygen atoms in total. The van der Waals surface area contributed by atoms with Gasteiger partial charge in [0.2, 0.25) is 5.91 Å². The second-order valence-electron chi connectivity index (χ2n) is 9.05. The van der Waals surface area contributed by atoms with Gasteiger partial charge in [0.1, 0.15) is 5.82 Å². The van der Waals surface area contributed by atoms with Crippen molar-refractivity contribution in [2.24, 2.45) is 5.73 Å². The number of carbonyl (C=O) groups excluding carboxylic acids is 1. The lowest BCUT2D eigenvalue weighted by Gasteiger charge is -2.40. The Bertz CT molecular complexity index is 1070. The normalized spacial score (nSPS) is 19.5. The zero-order chi connectivity index (χ0) is 23.2. The van der Waals surface area contributed by atoms with Crippen molar-refractivity contribution in [3.05, 3.63) is 83.7 Å². The van der Waals surface area contributed by atoms with Crippen LogP contribution in [0.3, 0.4) is 0 Å². The number of likely N-dealkylation sites (tertiary alicyclic amines) is 1. The molecule has 0 bridgehead atoms. The van der Waals surface area contributed by atoms with Gasteiger partial charge in [0.05, 0.1) is 18.8 Å². The molecule has 1 heterocycles. The molecule has 3 atom stereocenters. The van der Waals surface area contributed by atoms with E-state index in [1.807, 2.05) is 11.0 Å². The maximum absolute atomic E-state index is 13.2. The summed E-state index contributed by atoms with van der Waals surface area (Å²) in [6, 6.07) is 20.5. The van der Waals surface area contributed by atoms with Crippen molar-refractivity contribution in [2.45, 2.75) is 63.8 Å². The number of ether oxygens (including phenoxy) is 1. The lowest BCUT2D eigenvalue weighted by molar-refractivity contribution is -0.139. The van der Waals surface area contributed by atoms with Gasteiger partial charge in [-0.1, -0.05) is 61.9 Å². The van der Waals surface area contributed by atoms with Crippen LogP contribution in [-0.2, 0) is 22.6 Å². The lowest BCUT2D eigenvalue weighted by atomic mass is 9.94. The minimum atomic E-state index is -0.620. The van der Waals surface area contributed by atoms with Gasteiger partial charge in [-0.15, -0.1) is 0 Å². The Kier molecular flexibility index (Phi) is 7.73. The number of piperidine rings is 1. The first-order valence-corrected chi connectivity index (χ1v) is 11.9. The summed E-state index contributed by atoms with van der Waals surface area (Å²) in [4.78, 5) is 15.1. The van der Waals surface area contributed by atoms with E-state index in [2.05, 4.69) is 43.3 Å². The van der Waals surface area contributed by atoms with Crippen LogP contribution in [0, 0.1) is 5.82 Å². The van der Waals surface area contributed by atoms with Crippen molar-refractivity contribution in [3.63, 3.8) is 0 Å². The highest BCUT2D eigenvalue weighted by atomic mass is 19.1. The molecular weight excluding hydrogens is 415 g/mol. The number of fused-ring (bicyclic) bond motifs is 1. The number of carbonyl (C=O) groups is 1. The Morgan fingerprint density at radius 1 is 1.09 bits per heavy atom.